The van der Waals surface area contributed by atoms with Gasteiger partial charge in [-0.05, 0) is 48.0 Å². The molecule has 0 saturated carbocycles. The van der Waals surface area contributed by atoms with E-state index in [0.29, 0.717) is 31.6 Å². The van der Waals surface area contributed by atoms with Gasteiger partial charge in [0.25, 0.3) is 5.91 Å². The number of anilines is 1. The summed E-state index contributed by atoms with van der Waals surface area (Å²) in [5, 5.41) is 1.16. The van der Waals surface area contributed by atoms with Crippen molar-refractivity contribution in [3.8, 4) is 5.75 Å². The van der Waals surface area contributed by atoms with Gasteiger partial charge in [0.2, 0.25) is 0 Å². The van der Waals surface area contributed by atoms with Gasteiger partial charge in [-0.3, -0.25) is 9.69 Å². The van der Waals surface area contributed by atoms with E-state index in [9.17, 15) is 4.79 Å². The Labute approximate surface area is 194 Å². The summed E-state index contributed by atoms with van der Waals surface area (Å²) < 4.78 is 6.33. The Balaban J connectivity index is 1.45. The maximum absolute atomic E-state index is 12.8. The Morgan fingerprint density at radius 1 is 1.00 bits per heavy atom. The maximum atomic E-state index is 12.8. The van der Waals surface area contributed by atoms with Crippen molar-refractivity contribution in [2.75, 3.05) is 4.90 Å². The second kappa shape index (κ2) is 9.23. The Kier molecular flexibility index (Phi) is 6.44. The Bertz CT molecular complexity index is 1130. The Hall–Kier alpha value is -2.31. The van der Waals surface area contributed by atoms with Crippen LogP contribution in [0.1, 0.15) is 11.1 Å². The van der Waals surface area contributed by atoms with E-state index in [4.69, 9.17) is 40.2 Å². The number of thiocarbonyl (C=S) groups is 1. The molecule has 1 fully saturated rings. The SMILES string of the molecule is O=C1/C(=C/c2ccc(OCc3ccc(Cl)cc3Cl)cc2)SC(=S)N1c1ccccc1. The molecule has 0 radical (unpaired) electrons. The molecule has 1 aliphatic rings. The molecule has 0 spiro atoms. The molecule has 0 aromatic heterocycles. The number of carbonyl (C=O) groups excluding carboxylic acids is 1. The number of nitrogens with zero attached hydrogens (tertiary/aromatic N) is 1. The van der Waals surface area contributed by atoms with Crippen LogP contribution in [0.3, 0.4) is 0 Å². The van der Waals surface area contributed by atoms with E-state index < -0.39 is 0 Å². The summed E-state index contributed by atoms with van der Waals surface area (Å²) in [5.41, 5.74) is 2.52. The van der Waals surface area contributed by atoms with Crippen LogP contribution < -0.4 is 9.64 Å². The molecular weight excluding hydrogens is 457 g/mol. The third-order valence-corrected chi connectivity index (χ3v) is 6.28. The van der Waals surface area contributed by atoms with E-state index in [-0.39, 0.29) is 5.91 Å². The fourth-order valence-corrected chi connectivity index (χ4v) is 4.64. The second-order valence-electron chi connectivity index (χ2n) is 6.45. The largest absolute Gasteiger partial charge is 0.489 e. The molecule has 0 aliphatic carbocycles. The molecular formula is C23H15Cl2NO2S2. The molecule has 1 aliphatic heterocycles. The third kappa shape index (κ3) is 4.71. The lowest BCUT2D eigenvalue weighted by molar-refractivity contribution is -0.113. The number of para-hydroxylation sites is 1. The first-order valence-corrected chi connectivity index (χ1v) is 11.0. The first-order valence-electron chi connectivity index (χ1n) is 9.01. The minimum atomic E-state index is -0.117. The lowest BCUT2D eigenvalue weighted by atomic mass is 10.2. The van der Waals surface area contributed by atoms with Crippen LogP contribution >= 0.6 is 47.2 Å². The highest BCUT2D eigenvalue weighted by atomic mass is 35.5. The molecule has 1 amide bonds. The summed E-state index contributed by atoms with van der Waals surface area (Å²) in [6.07, 6.45) is 1.84. The normalized spacial score (nSPS) is 15.1. The molecule has 4 rings (SSSR count). The average Bonchev–Trinajstić information content (AvgIpc) is 3.02. The van der Waals surface area contributed by atoms with Crippen LogP contribution in [-0.2, 0) is 11.4 Å². The zero-order chi connectivity index (χ0) is 21.1. The van der Waals surface area contributed by atoms with Crippen molar-refractivity contribution in [3.63, 3.8) is 0 Å². The molecule has 3 aromatic carbocycles. The minimum absolute atomic E-state index is 0.117. The first kappa shape index (κ1) is 20.9. The molecule has 0 atom stereocenters. The van der Waals surface area contributed by atoms with Crippen LogP contribution in [0, 0.1) is 0 Å². The summed E-state index contributed by atoms with van der Waals surface area (Å²) in [5.74, 6) is 0.587. The van der Waals surface area contributed by atoms with E-state index in [1.165, 1.54) is 11.8 Å². The van der Waals surface area contributed by atoms with Gasteiger partial charge in [0.05, 0.1) is 10.6 Å². The molecule has 3 nitrogen and oxygen atoms in total. The molecule has 1 saturated heterocycles. The number of benzene rings is 3. The average molecular weight is 472 g/mol. The Morgan fingerprint density at radius 2 is 1.73 bits per heavy atom. The van der Waals surface area contributed by atoms with Gasteiger partial charge in [-0.1, -0.05) is 83.6 Å². The van der Waals surface area contributed by atoms with E-state index in [1.807, 2.05) is 66.7 Å². The fourth-order valence-electron chi connectivity index (χ4n) is 2.88. The standard InChI is InChI=1S/C23H15Cl2NO2S2/c24-17-9-8-16(20(25)13-17)14-28-19-10-6-15(7-11-19)12-21-22(27)26(23(29)30-21)18-4-2-1-3-5-18/h1-13H,14H2/b21-12-. The molecule has 7 heteroatoms. The van der Waals surface area contributed by atoms with Gasteiger partial charge in [0.1, 0.15) is 12.4 Å². The van der Waals surface area contributed by atoms with Crippen molar-refractivity contribution in [1.29, 1.82) is 0 Å². The zero-order valence-corrected chi connectivity index (χ0v) is 18.7. The lowest BCUT2D eigenvalue weighted by Crippen LogP contribution is -2.27. The van der Waals surface area contributed by atoms with Gasteiger partial charge in [0.15, 0.2) is 4.32 Å². The smallest absolute Gasteiger partial charge is 0.270 e. The van der Waals surface area contributed by atoms with Crippen molar-refractivity contribution in [2.45, 2.75) is 6.61 Å². The van der Waals surface area contributed by atoms with Crippen LogP contribution in [0.15, 0.2) is 77.7 Å². The highest BCUT2D eigenvalue weighted by molar-refractivity contribution is 8.27. The van der Waals surface area contributed by atoms with Crippen LogP contribution in [0.4, 0.5) is 5.69 Å². The number of thioether (sulfide) groups is 1. The number of carbonyl (C=O) groups is 1. The monoisotopic (exact) mass is 471 g/mol. The van der Waals surface area contributed by atoms with E-state index >= 15 is 0 Å². The van der Waals surface area contributed by atoms with E-state index in [0.717, 1.165) is 16.8 Å². The summed E-state index contributed by atoms with van der Waals surface area (Å²) in [6, 6.07) is 22.2. The molecule has 0 bridgehead atoms. The topological polar surface area (TPSA) is 29.5 Å². The maximum Gasteiger partial charge on any atom is 0.270 e. The predicted octanol–water partition coefficient (Wildman–Crippen LogP) is 6.98. The van der Waals surface area contributed by atoms with Gasteiger partial charge < -0.3 is 4.74 Å². The zero-order valence-electron chi connectivity index (χ0n) is 15.5. The molecule has 30 heavy (non-hydrogen) atoms. The molecule has 0 N–H and O–H groups in total. The Morgan fingerprint density at radius 3 is 2.43 bits per heavy atom. The first-order chi connectivity index (χ1) is 14.5. The summed E-state index contributed by atoms with van der Waals surface area (Å²) >= 11 is 18.8. The fraction of sp³-hybridized carbons (Fsp3) is 0.0435. The van der Waals surface area contributed by atoms with Crippen molar-refractivity contribution >= 4 is 69.2 Å². The van der Waals surface area contributed by atoms with Crippen molar-refractivity contribution in [1.82, 2.24) is 0 Å². The predicted molar refractivity (Wildman–Crippen MR) is 129 cm³/mol. The number of halogens is 2. The number of rotatable bonds is 5. The number of ether oxygens (including phenoxy) is 1. The van der Waals surface area contributed by atoms with Crippen LogP contribution in [0.2, 0.25) is 10.0 Å². The minimum Gasteiger partial charge on any atom is -0.489 e. The van der Waals surface area contributed by atoms with Crippen molar-refractivity contribution < 1.29 is 9.53 Å². The van der Waals surface area contributed by atoms with Crippen molar-refractivity contribution in [3.05, 3.63) is 98.9 Å². The van der Waals surface area contributed by atoms with Gasteiger partial charge in [-0.2, -0.15) is 0 Å². The van der Waals surface area contributed by atoms with Crippen molar-refractivity contribution in [2.24, 2.45) is 0 Å². The quantitative estimate of drug-likeness (QED) is 0.296. The lowest BCUT2D eigenvalue weighted by Gasteiger charge is -2.13. The van der Waals surface area contributed by atoms with Crippen LogP contribution in [-0.4, -0.2) is 10.2 Å². The number of amides is 1. The van der Waals surface area contributed by atoms with E-state index in [1.54, 1.807) is 17.0 Å². The summed E-state index contributed by atoms with van der Waals surface area (Å²) in [6.45, 7) is 0.338. The number of hydrogen-bond donors (Lipinski definition) is 0. The summed E-state index contributed by atoms with van der Waals surface area (Å²) in [4.78, 5) is 14.9. The second-order valence-corrected chi connectivity index (χ2v) is 8.97. The molecule has 150 valence electrons. The van der Waals surface area contributed by atoms with Gasteiger partial charge in [0, 0.05) is 15.6 Å². The highest BCUT2D eigenvalue weighted by Gasteiger charge is 2.33. The number of hydrogen-bond acceptors (Lipinski definition) is 4. The third-order valence-electron chi connectivity index (χ3n) is 4.40. The van der Waals surface area contributed by atoms with Gasteiger partial charge >= 0.3 is 0 Å². The van der Waals surface area contributed by atoms with Crippen LogP contribution in [0.25, 0.3) is 6.08 Å². The van der Waals surface area contributed by atoms with Gasteiger partial charge in [-0.25, -0.2) is 0 Å². The van der Waals surface area contributed by atoms with Crippen LogP contribution in [0.5, 0.6) is 5.75 Å². The summed E-state index contributed by atoms with van der Waals surface area (Å²) in [7, 11) is 0. The van der Waals surface area contributed by atoms with E-state index in [2.05, 4.69) is 0 Å². The van der Waals surface area contributed by atoms with Gasteiger partial charge in [-0.15, -0.1) is 0 Å². The molecule has 0 unspecified atom stereocenters. The molecule has 1 heterocycles. The molecule has 3 aromatic rings. The highest BCUT2D eigenvalue weighted by Crippen LogP contribution is 2.36.